The molecule has 90 valence electrons. The molecule has 0 heterocycles. The van der Waals surface area contributed by atoms with E-state index in [0.29, 0.717) is 0 Å². The summed E-state index contributed by atoms with van der Waals surface area (Å²) in [6.45, 7) is 6.95. The molecule has 1 rings (SSSR count). The third-order valence-electron chi connectivity index (χ3n) is 2.93. The van der Waals surface area contributed by atoms with Crippen molar-refractivity contribution in [2.45, 2.75) is 34.1 Å². The number of hydrogen-bond donors (Lipinski definition) is 0. The van der Waals surface area contributed by atoms with Crippen molar-refractivity contribution in [1.29, 1.82) is 0 Å². The summed E-state index contributed by atoms with van der Waals surface area (Å²) in [5.74, 6) is -0.363. The quantitative estimate of drug-likeness (QED) is 0.452. The Morgan fingerprint density at radius 3 is 2.24 bits per heavy atom. The summed E-state index contributed by atoms with van der Waals surface area (Å²) >= 11 is 0. The lowest BCUT2D eigenvalue weighted by molar-refractivity contribution is -0.119. The van der Waals surface area contributed by atoms with Crippen molar-refractivity contribution in [2.75, 3.05) is 0 Å². The van der Waals surface area contributed by atoms with Crippen LogP contribution in [0, 0.1) is 6.92 Å². The highest BCUT2D eigenvalue weighted by Crippen LogP contribution is 2.18. The molecule has 0 unspecified atom stereocenters. The van der Waals surface area contributed by atoms with Gasteiger partial charge in [0.2, 0.25) is 0 Å². The Kier molecular flexibility index (Phi) is 4.38. The number of hydrogen-bond acceptors (Lipinski definition) is 2. The van der Waals surface area contributed by atoms with Gasteiger partial charge in [0.25, 0.3) is 0 Å². The van der Waals surface area contributed by atoms with Crippen LogP contribution in [0.25, 0.3) is 6.08 Å². The molecule has 1 aromatic carbocycles. The van der Waals surface area contributed by atoms with Crippen molar-refractivity contribution in [1.82, 2.24) is 0 Å². The summed E-state index contributed by atoms with van der Waals surface area (Å²) in [7, 11) is 0. The third-order valence-corrected chi connectivity index (χ3v) is 2.93. The van der Waals surface area contributed by atoms with Crippen molar-refractivity contribution in [3.05, 3.63) is 40.5 Å². The van der Waals surface area contributed by atoms with Crippen molar-refractivity contribution >= 4 is 17.6 Å². The van der Waals surface area contributed by atoms with E-state index in [1.165, 1.54) is 19.4 Å². The molecule has 0 aliphatic heterocycles. The second-order valence-corrected chi connectivity index (χ2v) is 4.16. The predicted molar refractivity (Wildman–Crippen MR) is 69.9 cm³/mol. The summed E-state index contributed by atoms with van der Waals surface area (Å²) in [4.78, 5) is 22.7. The van der Waals surface area contributed by atoms with Crippen molar-refractivity contribution in [2.24, 2.45) is 0 Å². The maximum atomic E-state index is 11.4. The number of carbonyl (C=O) groups is 2. The van der Waals surface area contributed by atoms with Crippen LogP contribution in [0.2, 0.25) is 0 Å². The Morgan fingerprint density at radius 2 is 1.76 bits per heavy atom. The van der Waals surface area contributed by atoms with E-state index >= 15 is 0 Å². The summed E-state index contributed by atoms with van der Waals surface area (Å²) in [5.41, 5.74) is 3.59. The minimum absolute atomic E-state index is 0.182. The zero-order valence-corrected chi connectivity index (χ0v) is 10.8. The molecule has 0 radical (unpaired) electrons. The van der Waals surface area contributed by atoms with Crippen LogP contribution in [-0.2, 0) is 16.0 Å². The fraction of sp³-hybridized carbons (Fsp3) is 0.333. The first-order valence-electron chi connectivity index (χ1n) is 5.79. The Bertz CT molecular complexity index is 466. The number of ketones is 2. The first-order chi connectivity index (χ1) is 7.97. The van der Waals surface area contributed by atoms with Crippen LogP contribution in [0.4, 0.5) is 0 Å². The Morgan fingerprint density at radius 1 is 1.18 bits per heavy atom. The molecule has 0 aliphatic rings. The van der Waals surface area contributed by atoms with Crippen LogP contribution >= 0.6 is 0 Å². The molecule has 17 heavy (non-hydrogen) atoms. The lowest BCUT2D eigenvalue weighted by atomic mass is 9.97. The van der Waals surface area contributed by atoms with Gasteiger partial charge in [-0.25, -0.2) is 0 Å². The van der Waals surface area contributed by atoms with Crippen LogP contribution < -0.4 is 0 Å². The highest BCUT2D eigenvalue weighted by atomic mass is 16.1. The Balaban J connectivity index is 3.30. The smallest absolute Gasteiger partial charge is 0.163 e. The average molecular weight is 230 g/mol. The summed E-state index contributed by atoms with van der Waals surface area (Å²) in [5, 5.41) is 0. The van der Waals surface area contributed by atoms with Crippen LogP contribution in [0.15, 0.2) is 23.8 Å². The van der Waals surface area contributed by atoms with Crippen LogP contribution in [0.3, 0.4) is 0 Å². The van der Waals surface area contributed by atoms with E-state index in [9.17, 15) is 9.59 Å². The topological polar surface area (TPSA) is 34.1 Å². The van der Waals surface area contributed by atoms with E-state index in [0.717, 1.165) is 17.5 Å². The SMILES string of the molecule is CCc1cccc(C=C(C(C)=O)C(C)=O)c1C. The second-order valence-electron chi connectivity index (χ2n) is 4.16. The first kappa shape index (κ1) is 13.4. The van der Waals surface area contributed by atoms with Gasteiger partial charge in [0.1, 0.15) is 0 Å². The number of carbonyl (C=O) groups excluding carboxylic acids is 2. The summed E-state index contributed by atoms with van der Waals surface area (Å²) in [6, 6.07) is 5.95. The van der Waals surface area contributed by atoms with E-state index < -0.39 is 0 Å². The molecule has 0 saturated carbocycles. The lowest BCUT2D eigenvalue weighted by Crippen LogP contribution is -2.06. The van der Waals surface area contributed by atoms with Crippen molar-refractivity contribution < 1.29 is 9.59 Å². The molecule has 0 saturated heterocycles. The van der Waals surface area contributed by atoms with Gasteiger partial charge in [-0.3, -0.25) is 9.59 Å². The largest absolute Gasteiger partial charge is 0.294 e. The molecule has 0 amide bonds. The van der Waals surface area contributed by atoms with Crippen molar-refractivity contribution in [3.8, 4) is 0 Å². The lowest BCUT2D eigenvalue weighted by Gasteiger charge is -2.07. The van der Waals surface area contributed by atoms with Gasteiger partial charge >= 0.3 is 0 Å². The van der Waals surface area contributed by atoms with Crippen LogP contribution in [-0.4, -0.2) is 11.6 Å². The van der Waals surface area contributed by atoms with Gasteiger partial charge in [0.05, 0.1) is 5.57 Å². The third kappa shape index (κ3) is 3.13. The van der Waals surface area contributed by atoms with Gasteiger partial charge in [0.15, 0.2) is 11.6 Å². The summed E-state index contributed by atoms with van der Waals surface area (Å²) in [6.07, 6.45) is 2.64. The highest BCUT2D eigenvalue weighted by Gasteiger charge is 2.10. The van der Waals surface area contributed by atoms with E-state index in [-0.39, 0.29) is 17.1 Å². The first-order valence-corrected chi connectivity index (χ1v) is 5.79. The molecule has 0 bridgehead atoms. The molecular formula is C15H18O2. The summed E-state index contributed by atoms with van der Waals surface area (Å²) < 4.78 is 0. The number of aryl methyl sites for hydroxylation is 1. The van der Waals surface area contributed by atoms with E-state index in [1.807, 2.05) is 19.1 Å². The van der Waals surface area contributed by atoms with E-state index in [4.69, 9.17) is 0 Å². The molecule has 1 aromatic rings. The van der Waals surface area contributed by atoms with E-state index in [1.54, 1.807) is 6.08 Å². The molecular weight excluding hydrogens is 212 g/mol. The number of allylic oxidation sites excluding steroid dienone is 1. The highest BCUT2D eigenvalue weighted by molar-refractivity contribution is 6.21. The minimum Gasteiger partial charge on any atom is -0.294 e. The Hall–Kier alpha value is -1.70. The molecule has 2 heteroatoms. The van der Waals surface area contributed by atoms with E-state index in [2.05, 4.69) is 13.0 Å². The van der Waals surface area contributed by atoms with Crippen LogP contribution in [0.5, 0.6) is 0 Å². The predicted octanol–water partition coefficient (Wildman–Crippen LogP) is 3.12. The molecule has 2 nitrogen and oxygen atoms in total. The maximum absolute atomic E-state index is 11.4. The molecule has 0 atom stereocenters. The standard InChI is InChI=1S/C15H18O2/c1-5-13-7-6-8-14(10(13)2)9-15(11(3)16)12(4)17/h6-9H,5H2,1-4H3. The van der Waals surface area contributed by atoms with Gasteiger partial charge in [0, 0.05) is 0 Å². The van der Waals surface area contributed by atoms with Gasteiger partial charge in [-0.05, 0) is 50.0 Å². The monoisotopic (exact) mass is 230 g/mol. The average Bonchev–Trinajstić information content (AvgIpc) is 2.26. The molecule has 0 fully saturated rings. The number of benzene rings is 1. The zero-order valence-electron chi connectivity index (χ0n) is 10.8. The van der Waals surface area contributed by atoms with Gasteiger partial charge in [-0.15, -0.1) is 0 Å². The fourth-order valence-electron chi connectivity index (χ4n) is 1.85. The van der Waals surface area contributed by atoms with Gasteiger partial charge in [-0.1, -0.05) is 25.1 Å². The molecule has 0 aromatic heterocycles. The molecule has 0 spiro atoms. The molecule has 0 aliphatic carbocycles. The van der Waals surface area contributed by atoms with Gasteiger partial charge in [-0.2, -0.15) is 0 Å². The maximum Gasteiger partial charge on any atom is 0.163 e. The van der Waals surface area contributed by atoms with Crippen molar-refractivity contribution in [3.63, 3.8) is 0 Å². The zero-order chi connectivity index (χ0) is 13.0. The Labute approximate surface area is 102 Å². The minimum atomic E-state index is -0.182. The number of rotatable bonds is 4. The second kappa shape index (κ2) is 5.58. The molecule has 0 N–H and O–H groups in total. The number of Topliss-reactive ketones (excluding diaryl/α,β-unsaturated/α-hetero) is 2. The fourth-order valence-corrected chi connectivity index (χ4v) is 1.85. The van der Waals surface area contributed by atoms with Crippen LogP contribution in [0.1, 0.15) is 37.5 Å². The van der Waals surface area contributed by atoms with Gasteiger partial charge < -0.3 is 0 Å². The normalized spacial score (nSPS) is 9.88.